The third kappa shape index (κ3) is 4.47. The van der Waals surface area contributed by atoms with Gasteiger partial charge in [0.15, 0.2) is 11.5 Å². The van der Waals surface area contributed by atoms with Gasteiger partial charge < -0.3 is 14.4 Å². The molecule has 0 saturated carbocycles. The van der Waals surface area contributed by atoms with E-state index in [0.29, 0.717) is 9.96 Å². The molecular formula is C23H25N3O4S2. The lowest BCUT2D eigenvalue weighted by Crippen LogP contribution is -2.49. The maximum Gasteiger partial charge on any atom is 0.250 e. The van der Waals surface area contributed by atoms with Crippen molar-refractivity contribution in [3.05, 3.63) is 71.6 Å². The summed E-state index contributed by atoms with van der Waals surface area (Å²) in [7, 11) is -3.55. The van der Waals surface area contributed by atoms with Gasteiger partial charge in [0.1, 0.15) is 4.21 Å². The zero-order chi connectivity index (χ0) is 22.0. The lowest BCUT2D eigenvalue weighted by atomic mass is 10.0. The van der Waals surface area contributed by atoms with Gasteiger partial charge in [-0.1, -0.05) is 30.3 Å². The predicted molar refractivity (Wildman–Crippen MR) is 125 cm³/mol. The number of rotatable bonds is 7. The molecule has 0 spiro atoms. The van der Waals surface area contributed by atoms with Gasteiger partial charge in [-0.3, -0.25) is 4.90 Å². The van der Waals surface area contributed by atoms with Crippen molar-refractivity contribution in [3.63, 3.8) is 0 Å². The number of para-hydroxylation sites is 1. The first kappa shape index (κ1) is 21.3. The minimum Gasteiger partial charge on any atom is -0.454 e. The molecular weight excluding hydrogens is 446 g/mol. The Morgan fingerprint density at radius 1 is 0.938 bits per heavy atom. The van der Waals surface area contributed by atoms with E-state index in [2.05, 4.69) is 38.8 Å². The maximum atomic E-state index is 12.8. The second kappa shape index (κ2) is 9.11. The summed E-state index contributed by atoms with van der Waals surface area (Å²) in [4.78, 5) is 4.71. The van der Waals surface area contributed by atoms with Crippen LogP contribution in [0.4, 0.5) is 5.69 Å². The third-order valence-electron chi connectivity index (χ3n) is 5.88. The molecule has 1 saturated heterocycles. The molecule has 1 N–H and O–H groups in total. The van der Waals surface area contributed by atoms with Crippen LogP contribution in [-0.2, 0) is 10.0 Å². The second-order valence-corrected chi connectivity index (χ2v) is 10.7. The highest BCUT2D eigenvalue weighted by molar-refractivity contribution is 7.91. The molecule has 1 aromatic heterocycles. The molecule has 0 radical (unpaired) electrons. The molecule has 1 fully saturated rings. The van der Waals surface area contributed by atoms with E-state index in [0.717, 1.165) is 37.5 Å². The van der Waals surface area contributed by atoms with Crippen LogP contribution >= 0.6 is 11.3 Å². The van der Waals surface area contributed by atoms with Gasteiger partial charge in [0.05, 0.1) is 0 Å². The average molecular weight is 472 g/mol. The molecule has 32 heavy (non-hydrogen) atoms. The number of benzene rings is 2. The molecule has 2 aliphatic heterocycles. The van der Waals surface area contributed by atoms with Crippen LogP contribution in [0.1, 0.15) is 11.6 Å². The molecule has 3 aromatic rings. The Balaban J connectivity index is 1.35. The van der Waals surface area contributed by atoms with Crippen LogP contribution in [0.25, 0.3) is 0 Å². The highest BCUT2D eigenvalue weighted by Gasteiger charge is 2.28. The number of hydrogen-bond acceptors (Lipinski definition) is 7. The quantitative estimate of drug-likeness (QED) is 0.570. The van der Waals surface area contributed by atoms with Gasteiger partial charge in [0.2, 0.25) is 16.8 Å². The minimum atomic E-state index is -3.55. The Kier molecular flexibility index (Phi) is 6.05. The summed E-state index contributed by atoms with van der Waals surface area (Å²) in [6.07, 6.45) is 0. The standard InChI is InChI=1S/C23H25N3O4S2/c27-32(28,23-7-4-14-31-23)24-16-20(18-8-9-21-22(15-18)30-17-29-21)26-12-10-25(11-13-26)19-5-2-1-3-6-19/h1-9,14-15,20,24H,10-13,16-17H2/t20-/m1/s1. The lowest BCUT2D eigenvalue weighted by molar-refractivity contribution is 0.173. The fourth-order valence-electron chi connectivity index (χ4n) is 4.18. The van der Waals surface area contributed by atoms with Gasteiger partial charge in [0, 0.05) is 44.5 Å². The van der Waals surface area contributed by atoms with Gasteiger partial charge in [-0.15, -0.1) is 11.3 Å². The fraction of sp³-hybridized carbons (Fsp3) is 0.304. The zero-order valence-electron chi connectivity index (χ0n) is 17.5. The lowest BCUT2D eigenvalue weighted by Gasteiger charge is -2.40. The molecule has 0 bridgehead atoms. The van der Waals surface area contributed by atoms with E-state index in [1.165, 1.54) is 17.0 Å². The van der Waals surface area contributed by atoms with Crippen molar-refractivity contribution in [1.82, 2.24) is 9.62 Å². The Bertz CT molecular complexity index is 1150. The van der Waals surface area contributed by atoms with Crippen molar-refractivity contribution < 1.29 is 17.9 Å². The maximum absolute atomic E-state index is 12.8. The molecule has 3 heterocycles. The second-order valence-electron chi connectivity index (χ2n) is 7.77. The molecule has 0 aliphatic carbocycles. The molecule has 0 amide bonds. The van der Waals surface area contributed by atoms with E-state index >= 15 is 0 Å². The first-order chi connectivity index (χ1) is 15.6. The van der Waals surface area contributed by atoms with E-state index in [4.69, 9.17) is 9.47 Å². The smallest absolute Gasteiger partial charge is 0.250 e. The molecule has 0 unspecified atom stereocenters. The highest BCUT2D eigenvalue weighted by Crippen LogP contribution is 2.36. The molecule has 7 nitrogen and oxygen atoms in total. The molecule has 5 rings (SSSR count). The number of nitrogens with zero attached hydrogens (tertiary/aromatic N) is 2. The van der Waals surface area contributed by atoms with E-state index in [1.54, 1.807) is 17.5 Å². The predicted octanol–water partition coefficient (Wildman–Crippen LogP) is 3.32. The SMILES string of the molecule is O=S(=O)(NC[C@H](c1ccc2c(c1)OCO2)N1CCN(c2ccccc2)CC1)c1cccs1. The number of piperazine rings is 1. The number of thiophene rings is 1. The molecule has 2 aliphatic rings. The Labute approximate surface area is 192 Å². The fourth-order valence-corrected chi connectivity index (χ4v) is 6.26. The topological polar surface area (TPSA) is 71.1 Å². The van der Waals surface area contributed by atoms with E-state index in [9.17, 15) is 8.42 Å². The Morgan fingerprint density at radius 3 is 2.47 bits per heavy atom. The number of sulfonamides is 1. The van der Waals surface area contributed by atoms with Crippen LogP contribution in [-0.4, -0.2) is 52.8 Å². The van der Waals surface area contributed by atoms with Gasteiger partial charge in [-0.05, 0) is 41.3 Å². The van der Waals surface area contributed by atoms with E-state index < -0.39 is 10.0 Å². The number of nitrogens with one attached hydrogen (secondary N) is 1. The summed E-state index contributed by atoms with van der Waals surface area (Å²) in [6, 6.07) is 19.5. The number of anilines is 1. The van der Waals surface area contributed by atoms with Crippen LogP contribution in [0.15, 0.2) is 70.3 Å². The molecule has 168 valence electrons. The molecule has 2 aromatic carbocycles. The average Bonchev–Trinajstić information content (AvgIpc) is 3.53. The number of hydrogen-bond donors (Lipinski definition) is 1. The van der Waals surface area contributed by atoms with E-state index in [-0.39, 0.29) is 19.4 Å². The monoisotopic (exact) mass is 471 g/mol. The minimum absolute atomic E-state index is 0.114. The van der Waals surface area contributed by atoms with Gasteiger partial charge in [-0.25, -0.2) is 13.1 Å². The first-order valence-corrected chi connectivity index (χ1v) is 12.9. The van der Waals surface area contributed by atoms with Crippen molar-refractivity contribution in [3.8, 4) is 11.5 Å². The van der Waals surface area contributed by atoms with Crippen LogP contribution in [0.3, 0.4) is 0 Å². The zero-order valence-corrected chi connectivity index (χ0v) is 19.1. The Hall–Kier alpha value is -2.59. The molecule has 1 atom stereocenters. The van der Waals surface area contributed by atoms with Gasteiger partial charge >= 0.3 is 0 Å². The number of ether oxygens (including phenoxy) is 2. The summed E-state index contributed by atoms with van der Waals surface area (Å²) in [5.74, 6) is 1.43. The van der Waals surface area contributed by atoms with Crippen LogP contribution < -0.4 is 19.1 Å². The molecule has 9 heteroatoms. The Morgan fingerprint density at radius 2 is 1.72 bits per heavy atom. The first-order valence-electron chi connectivity index (χ1n) is 10.6. The summed E-state index contributed by atoms with van der Waals surface area (Å²) in [5, 5.41) is 1.77. The normalized spacial score (nSPS) is 17.4. The summed E-state index contributed by atoms with van der Waals surface area (Å²) in [5.41, 5.74) is 2.22. The third-order valence-corrected chi connectivity index (χ3v) is 8.71. The van der Waals surface area contributed by atoms with Crippen molar-refractivity contribution in [1.29, 1.82) is 0 Å². The largest absolute Gasteiger partial charge is 0.454 e. The van der Waals surface area contributed by atoms with Crippen molar-refractivity contribution in [2.24, 2.45) is 0 Å². The van der Waals surface area contributed by atoms with Crippen LogP contribution in [0, 0.1) is 0 Å². The van der Waals surface area contributed by atoms with Crippen LogP contribution in [0.2, 0.25) is 0 Å². The van der Waals surface area contributed by atoms with Crippen molar-refractivity contribution >= 4 is 27.0 Å². The summed E-state index contributed by atoms with van der Waals surface area (Å²) < 4.78 is 39.7. The van der Waals surface area contributed by atoms with Crippen LogP contribution in [0.5, 0.6) is 11.5 Å². The van der Waals surface area contributed by atoms with Gasteiger partial charge in [0.25, 0.3) is 0 Å². The summed E-state index contributed by atoms with van der Waals surface area (Å²) >= 11 is 1.22. The highest BCUT2D eigenvalue weighted by atomic mass is 32.2. The van der Waals surface area contributed by atoms with Crippen molar-refractivity contribution in [2.45, 2.75) is 10.3 Å². The van der Waals surface area contributed by atoms with Crippen molar-refractivity contribution in [2.75, 3.05) is 44.4 Å². The van der Waals surface area contributed by atoms with E-state index in [1.807, 2.05) is 24.3 Å². The van der Waals surface area contributed by atoms with Gasteiger partial charge in [-0.2, -0.15) is 0 Å². The summed E-state index contributed by atoms with van der Waals surface area (Å²) in [6.45, 7) is 3.91. The number of fused-ring (bicyclic) bond motifs is 1.